The van der Waals surface area contributed by atoms with Gasteiger partial charge in [-0.15, -0.1) is 0 Å². The highest BCUT2D eigenvalue weighted by molar-refractivity contribution is 8.09. The van der Waals surface area contributed by atoms with Crippen molar-refractivity contribution in [1.29, 1.82) is 0 Å². The van der Waals surface area contributed by atoms with E-state index in [9.17, 15) is 14.4 Å². The summed E-state index contributed by atoms with van der Waals surface area (Å²) >= 11 is 19.0. The Hall–Kier alpha value is -5.25. The van der Waals surface area contributed by atoms with E-state index < -0.39 is 42.2 Å². The Bertz CT molecular complexity index is 3950. The fourth-order valence-corrected chi connectivity index (χ4v) is 24.9. The lowest BCUT2D eigenvalue weighted by molar-refractivity contribution is -0.141. The molecule has 0 aliphatic carbocycles. The number of nitrogens with zero attached hydrogens (tertiary/aromatic N) is 1. The molecule has 2 heterocycles. The molecule has 118 heavy (non-hydrogen) atoms. The Morgan fingerprint density at radius 2 is 0.941 bits per heavy atom. The molecule has 0 spiro atoms. The first-order valence-corrected chi connectivity index (χ1v) is 50.3. The molecule has 0 radical (unpaired) electrons. The van der Waals surface area contributed by atoms with Crippen molar-refractivity contribution >= 4 is 85.0 Å². The van der Waals surface area contributed by atoms with Crippen LogP contribution in [0.5, 0.6) is 17.2 Å². The third kappa shape index (κ3) is 33.4. The summed E-state index contributed by atoms with van der Waals surface area (Å²) in [5.74, 6) is 2.91. The summed E-state index contributed by atoms with van der Waals surface area (Å²) in [6.07, 6.45) is 8.15. The zero-order valence-corrected chi connectivity index (χ0v) is 79.0. The van der Waals surface area contributed by atoms with Gasteiger partial charge < -0.3 is 71.1 Å². The number of benzene rings is 6. The molecule has 29 heteroatoms. The standard InChI is InChI=1S/C43H61N4O7PS2.C32H45N2O3PS.C14H30NO5PS/c1-7-52-30-28-45-55(56,54-42(2,3)4)53-29-13-9-12-27-44-39(48)18-14-17-38-40-37(31-57-38)47(41(49)46-40)43(32-15-10-8-11-16-32,33-19-23-35(50-5)24-20-33)34-21-25-36(51-6)26-22-34;1-26(2)34-38(39,37-31(3,4)5)36-25-15-9-14-24-33-32(27-16-10-7-11-17-27,28-18-12-8-13-19-28)29-20-22-30(35-6)23-21-29;1-7-18-11-10-15-21(22,20-14(3,4)5)19-12(2)8-9-13(16)17-6/h8,10-11,15-16,19-26,37-38,40H,7,9,12-14,17-18,27-31H2,1-6H3,(H,44,48)(H,45,56)(H,46,49);7-8,10-13,16-23,26,33H,9,14-15,24-25H2,1-6H3,(H,34,39);12H,7-11H2,1-6H3,(H,15,22). The highest BCUT2D eigenvalue weighted by Gasteiger charge is 2.57. The molecule has 7 unspecified atom stereocenters. The van der Waals surface area contributed by atoms with Crippen molar-refractivity contribution in [1.82, 2.24) is 36.1 Å². The van der Waals surface area contributed by atoms with E-state index in [4.69, 9.17) is 86.2 Å². The summed E-state index contributed by atoms with van der Waals surface area (Å²) in [7, 11) is 6.38. The third-order valence-electron chi connectivity index (χ3n) is 18.8. The molecule has 22 nitrogen and oxygen atoms in total. The first-order valence-electron chi connectivity index (χ1n) is 41.4. The minimum Gasteiger partial charge on any atom is -0.497 e. The molecule has 2 aliphatic heterocycles. The number of unbranched alkanes of at least 4 members (excludes halogenated alkanes) is 4. The smallest absolute Gasteiger partial charge is 0.319 e. The number of nitrogens with one attached hydrogen (secondary N) is 6. The van der Waals surface area contributed by atoms with Crippen molar-refractivity contribution in [2.75, 3.05) is 100 Å². The predicted octanol–water partition coefficient (Wildman–Crippen LogP) is 18.8. The van der Waals surface area contributed by atoms with Gasteiger partial charge >= 0.3 is 12.0 Å². The van der Waals surface area contributed by atoms with E-state index in [1.807, 2.05) is 149 Å². The van der Waals surface area contributed by atoms with Crippen LogP contribution in [-0.2, 0) is 97.4 Å². The van der Waals surface area contributed by atoms with E-state index in [2.05, 4.69) is 164 Å². The number of methoxy groups -OCH3 is 4. The van der Waals surface area contributed by atoms with Gasteiger partial charge in [0.1, 0.15) is 22.8 Å². The summed E-state index contributed by atoms with van der Waals surface area (Å²) in [5, 5.41) is 20.4. The summed E-state index contributed by atoms with van der Waals surface area (Å²) in [5.41, 5.74) is 3.85. The van der Waals surface area contributed by atoms with Crippen molar-refractivity contribution in [2.45, 2.75) is 225 Å². The number of esters is 1. The number of urea groups is 1. The van der Waals surface area contributed by atoms with Gasteiger partial charge in [-0.3, -0.25) is 14.9 Å². The number of carbonyl (C=O) groups is 3. The second kappa shape index (κ2) is 50.5. The van der Waals surface area contributed by atoms with Gasteiger partial charge in [-0.05, 0) is 266 Å². The SMILES string of the molecule is CCOCCNP(=S)(OC(C)CCC(=O)OC)OC(C)(C)C.CCOCCNP(=S)(OCCCCCNC(=O)CCCC1SCC2C1NC(=O)N2C(c1ccccc1)(c1ccc(OC)cc1)c1ccc(OC)cc1)OC(C)(C)C.COc1ccc(C(NCCCCCOP(=S)(NC(C)C)OC(C)(C)C)(c2ccccc2)c2ccccc2)cc1. The lowest BCUT2D eigenvalue weighted by Crippen LogP contribution is -2.53. The van der Waals surface area contributed by atoms with E-state index >= 15 is 0 Å². The Morgan fingerprint density at radius 3 is 1.40 bits per heavy atom. The van der Waals surface area contributed by atoms with E-state index in [1.165, 1.54) is 23.8 Å². The lowest BCUT2D eigenvalue weighted by Gasteiger charge is -2.45. The molecule has 0 aromatic heterocycles. The lowest BCUT2D eigenvalue weighted by atomic mass is 9.74. The predicted molar refractivity (Wildman–Crippen MR) is 491 cm³/mol. The molecule has 6 aromatic rings. The van der Waals surface area contributed by atoms with Gasteiger partial charge in [0.15, 0.2) is 0 Å². The number of hydrogen-bond donors (Lipinski definition) is 6. The summed E-state index contributed by atoms with van der Waals surface area (Å²) in [6.45, 7) is 25.9. The van der Waals surface area contributed by atoms with Crippen LogP contribution in [0.3, 0.4) is 0 Å². The van der Waals surface area contributed by atoms with Crippen LogP contribution in [0.1, 0.15) is 201 Å². The Labute approximate surface area is 725 Å². The number of fused-ring (bicyclic) bond motifs is 1. The Morgan fingerprint density at radius 1 is 0.517 bits per heavy atom. The largest absolute Gasteiger partial charge is 0.497 e. The number of rotatable bonds is 49. The topological polar surface area (TPSA) is 237 Å². The van der Waals surface area contributed by atoms with Crippen LogP contribution in [0.25, 0.3) is 0 Å². The molecule has 2 fully saturated rings. The molecule has 656 valence electrons. The summed E-state index contributed by atoms with van der Waals surface area (Å²) in [6, 6.07) is 55.9. The van der Waals surface area contributed by atoms with Crippen LogP contribution < -0.4 is 45.4 Å². The number of ether oxygens (including phenoxy) is 6. The van der Waals surface area contributed by atoms with Gasteiger partial charge in [0.05, 0.1) is 95.4 Å². The van der Waals surface area contributed by atoms with E-state index in [0.29, 0.717) is 78.5 Å². The van der Waals surface area contributed by atoms with Gasteiger partial charge in [0.25, 0.3) is 19.9 Å². The molecule has 7 atom stereocenters. The fraction of sp³-hybridized carbons (Fsp3) is 0.562. The second-order valence-corrected chi connectivity index (χ2v) is 42.9. The minimum absolute atomic E-state index is 0.0533. The van der Waals surface area contributed by atoms with Crippen LogP contribution in [0.2, 0.25) is 0 Å². The third-order valence-corrected chi connectivity index (χ3v) is 29.1. The number of hydrogen-bond acceptors (Lipinski definition) is 20. The van der Waals surface area contributed by atoms with Crippen molar-refractivity contribution in [3.05, 3.63) is 197 Å². The molecule has 6 aromatic carbocycles. The van der Waals surface area contributed by atoms with Crippen LogP contribution in [0, 0.1) is 0 Å². The quantitative estimate of drug-likeness (QED) is 0.00684. The van der Waals surface area contributed by atoms with Crippen molar-refractivity contribution < 1.29 is 69.9 Å². The first-order chi connectivity index (χ1) is 56.1. The summed E-state index contributed by atoms with van der Waals surface area (Å²) < 4.78 is 68.2. The molecule has 8 rings (SSSR count). The molecule has 0 bridgehead atoms. The average molecular weight is 1770 g/mol. The highest BCUT2D eigenvalue weighted by atomic mass is 32.5. The highest BCUT2D eigenvalue weighted by Crippen LogP contribution is 2.53. The number of carbonyl (C=O) groups excluding carboxylic acids is 3. The zero-order chi connectivity index (χ0) is 86.5. The molecular formula is C89H136N7O15P3S4. The van der Waals surface area contributed by atoms with Gasteiger partial charge in [-0.25, -0.2) is 20.1 Å². The monoisotopic (exact) mass is 1760 g/mol. The van der Waals surface area contributed by atoms with Gasteiger partial charge in [-0.2, -0.15) is 11.8 Å². The van der Waals surface area contributed by atoms with E-state index in [1.54, 1.807) is 21.3 Å². The van der Waals surface area contributed by atoms with E-state index in [-0.39, 0.29) is 53.0 Å². The van der Waals surface area contributed by atoms with Crippen LogP contribution >= 0.6 is 31.7 Å². The van der Waals surface area contributed by atoms with Crippen LogP contribution in [0.15, 0.2) is 164 Å². The molecule has 0 saturated carbocycles. The minimum atomic E-state index is -2.65. The average Bonchev–Trinajstić information content (AvgIpc) is 1.50. The second-order valence-electron chi connectivity index (χ2n) is 32.1. The normalized spacial score (nSPS) is 16.8. The first kappa shape index (κ1) is 102. The van der Waals surface area contributed by atoms with Gasteiger partial charge in [-0.1, -0.05) is 127 Å². The molecule has 3 amide bonds. The molecule has 6 N–H and O–H groups in total. The fourth-order valence-electron chi connectivity index (χ4n) is 13.8. The summed E-state index contributed by atoms with van der Waals surface area (Å²) in [4.78, 5) is 40.5. The molecule has 2 saturated heterocycles. The van der Waals surface area contributed by atoms with Crippen molar-refractivity contribution in [3.8, 4) is 17.2 Å². The maximum absolute atomic E-state index is 14.4. The Balaban J connectivity index is 0.000000305. The van der Waals surface area contributed by atoms with Crippen LogP contribution in [0.4, 0.5) is 4.79 Å². The number of amides is 3. The molecule has 2 aliphatic rings. The Kier molecular flexibility index (Phi) is 43.5. The maximum atomic E-state index is 14.4. The van der Waals surface area contributed by atoms with Crippen LogP contribution in [-0.4, -0.2) is 169 Å². The van der Waals surface area contributed by atoms with Gasteiger partial charge in [0.2, 0.25) is 5.91 Å². The maximum Gasteiger partial charge on any atom is 0.319 e. The van der Waals surface area contributed by atoms with E-state index in [0.717, 1.165) is 97.6 Å². The van der Waals surface area contributed by atoms with Gasteiger partial charge in [0, 0.05) is 62.7 Å². The van der Waals surface area contributed by atoms with Crippen molar-refractivity contribution in [2.24, 2.45) is 0 Å². The number of thioether (sulfide) groups is 1. The zero-order valence-electron chi connectivity index (χ0n) is 73.1. The molecular weight excluding hydrogens is 1630 g/mol. The van der Waals surface area contributed by atoms with Crippen molar-refractivity contribution in [3.63, 3.8) is 0 Å².